The molecule has 1 N–H and O–H groups in total. The Balaban J connectivity index is 1.71. The van der Waals surface area contributed by atoms with Crippen LogP contribution in [0, 0.1) is 0 Å². The molecule has 4 nitrogen and oxygen atoms in total. The van der Waals surface area contributed by atoms with Gasteiger partial charge in [-0.3, -0.25) is 4.90 Å². The van der Waals surface area contributed by atoms with Crippen molar-refractivity contribution in [2.45, 2.75) is 57.0 Å². The molecule has 1 aliphatic carbocycles. The van der Waals surface area contributed by atoms with E-state index in [0.717, 1.165) is 19.6 Å². The van der Waals surface area contributed by atoms with E-state index in [-0.39, 0.29) is 0 Å². The van der Waals surface area contributed by atoms with E-state index in [4.69, 9.17) is 9.47 Å². The number of methoxy groups -OCH3 is 1. The molecule has 2 fully saturated rings. The van der Waals surface area contributed by atoms with E-state index >= 15 is 0 Å². The second kappa shape index (κ2) is 8.32. The van der Waals surface area contributed by atoms with Gasteiger partial charge in [0.25, 0.3) is 0 Å². The van der Waals surface area contributed by atoms with Crippen LogP contribution in [0.2, 0.25) is 0 Å². The van der Waals surface area contributed by atoms with Crippen molar-refractivity contribution in [1.29, 1.82) is 0 Å². The summed E-state index contributed by atoms with van der Waals surface area (Å²) in [6, 6.07) is 0.709. The van der Waals surface area contributed by atoms with Crippen LogP contribution in [-0.4, -0.2) is 63.0 Å². The average Bonchev–Trinajstić information content (AvgIpc) is 2.91. The number of hydrogen-bond acceptors (Lipinski definition) is 4. The summed E-state index contributed by atoms with van der Waals surface area (Å²) in [5.41, 5.74) is 0.433. The van der Waals surface area contributed by atoms with Crippen molar-refractivity contribution in [2.24, 2.45) is 0 Å². The lowest BCUT2D eigenvalue weighted by molar-refractivity contribution is 0.0465. The summed E-state index contributed by atoms with van der Waals surface area (Å²) in [5, 5.41) is 3.85. The minimum absolute atomic E-state index is 0.433. The molecule has 1 unspecified atom stereocenters. The van der Waals surface area contributed by atoms with Crippen LogP contribution in [0.15, 0.2) is 0 Å². The summed E-state index contributed by atoms with van der Waals surface area (Å²) in [5.74, 6) is 0. The standard InChI is InChI=1S/C16H32N2O2/c1-3-15-13-17-16(7-4-5-8-16)14-18(15)9-6-10-20-12-11-19-2/h15,17H,3-14H2,1-2H3. The Bertz CT molecular complexity index is 267. The highest BCUT2D eigenvalue weighted by atomic mass is 16.5. The van der Waals surface area contributed by atoms with Gasteiger partial charge < -0.3 is 14.8 Å². The lowest BCUT2D eigenvalue weighted by atomic mass is 9.91. The third kappa shape index (κ3) is 4.42. The highest BCUT2D eigenvalue weighted by molar-refractivity contribution is 5.00. The fraction of sp³-hybridized carbons (Fsp3) is 1.00. The molecule has 1 spiro atoms. The summed E-state index contributed by atoms with van der Waals surface area (Å²) in [6.07, 6.45) is 7.91. The first-order chi connectivity index (χ1) is 9.79. The first-order valence-corrected chi connectivity index (χ1v) is 8.35. The zero-order valence-electron chi connectivity index (χ0n) is 13.3. The predicted octanol–water partition coefficient (Wildman–Crippen LogP) is 2.04. The number of nitrogens with one attached hydrogen (secondary N) is 1. The molecule has 2 aliphatic rings. The maximum Gasteiger partial charge on any atom is 0.0700 e. The predicted molar refractivity (Wildman–Crippen MR) is 82.2 cm³/mol. The van der Waals surface area contributed by atoms with Crippen LogP contribution >= 0.6 is 0 Å². The molecule has 0 bridgehead atoms. The van der Waals surface area contributed by atoms with E-state index in [1.807, 2.05) is 0 Å². The van der Waals surface area contributed by atoms with Gasteiger partial charge in [-0.15, -0.1) is 0 Å². The Morgan fingerprint density at radius 1 is 1.20 bits per heavy atom. The van der Waals surface area contributed by atoms with Gasteiger partial charge in [0, 0.05) is 44.9 Å². The third-order valence-electron chi connectivity index (χ3n) is 4.93. The molecule has 1 atom stereocenters. The van der Waals surface area contributed by atoms with Gasteiger partial charge in [-0.05, 0) is 25.7 Å². The SMILES string of the molecule is CCC1CNC2(CCCC2)CN1CCCOCCOC. The van der Waals surface area contributed by atoms with Crippen LogP contribution in [0.4, 0.5) is 0 Å². The topological polar surface area (TPSA) is 33.7 Å². The minimum atomic E-state index is 0.433. The summed E-state index contributed by atoms with van der Waals surface area (Å²) < 4.78 is 10.6. The molecule has 0 amide bonds. The van der Waals surface area contributed by atoms with Crippen LogP contribution in [0.1, 0.15) is 45.4 Å². The third-order valence-corrected chi connectivity index (χ3v) is 4.93. The van der Waals surface area contributed by atoms with Crippen LogP contribution in [0.5, 0.6) is 0 Å². The molecule has 0 aromatic heterocycles. The molecule has 1 heterocycles. The zero-order valence-corrected chi connectivity index (χ0v) is 13.3. The van der Waals surface area contributed by atoms with Crippen molar-refractivity contribution in [3.05, 3.63) is 0 Å². The fourth-order valence-corrected chi connectivity index (χ4v) is 3.70. The Labute approximate surface area is 124 Å². The van der Waals surface area contributed by atoms with Crippen molar-refractivity contribution >= 4 is 0 Å². The van der Waals surface area contributed by atoms with E-state index in [1.165, 1.54) is 51.7 Å². The molecule has 0 aromatic carbocycles. The number of rotatable bonds is 8. The average molecular weight is 284 g/mol. The molecule has 2 rings (SSSR count). The van der Waals surface area contributed by atoms with Crippen LogP contribution in [0.3, 0.4) is 0 Å². The van der Waals surface area contributed by atoms with E-state index in [2.05, 4.69) is 17.1 Å². The van der Waals surface area contributed by atoms with Crippen LogP contribution < -0.4 is 5.32 Å². The molecule has 1 saturated carbocycles. The van der Waals surface area contributed by atoms with Gasteiger partial charge in [0.15, 0.2) is 0 Å². The monoisotopic (exact) mass is 284 g/mol. The number of hydrogen-bond donors (Lipinski definition) is 1. The van der Waals surface area contributed by atoms with Crippen molar-refractivity contribution in [2.75, 3.05) is 46.6 Å². The minimum Gasteiger partial charge on any atom is -0.382 e. The Morgan fingerprint density at radius 2 is 2.00 bits per heavy atom. The van der Waals surface area contributed by atoms with E-state index in [1.54, 1.807) is 7.11 Å². The molecule has 1 aliphatic heterocycles. The maximum atomic E-state index is 5.58. The molecule has 1 saturated heterocycles. The molecule has 0 aromatic rings. The molecule has 118 valence electrons. The van der Waals surface area contributed by atoms with Crippen LogP contribution in [0.25, 0.3) is 0 Å². The molecule has 0 radical (unpaired) electrons. The van der Waals surface area contributed by atoms with Crippen molar-refractivity contribution in [3.63, 3.8) is 0 Å². The van der Waals surface area contributed by atoms with E-state index in [0.29, 0.717) is 18.2 Å². The Morgan fingerprint density at radius 3 is 2.70 bits per heavy atom. The Kier molecular flexibility index (Phi) is 6.75. The van der Waals surface area contributed by atoms with E-state index < -0.39 is 0 Å². The van der Waals surface area contributed by atoms with Gasteiger partial charge in [0.2, 0.25) is 0 Å². The zero-order chi connectivity index (χ0) is 14.3. The van der Waals surface area contributed by atoms with Gasteiger partial charge in [0.1, 0.15) is 0 Å². The quantitative estimate of drug-likeness (QED) is 0.692. The molecular weight excluding hydrogens is 252 g/mol. The van der Waals surface area contributed by atoms with Gasteiger partial charge in [-0.25, -0.2) is 0 Å². The van der Waals surface area contributed by atoms with Gasteiger partial charge >= 0.3 is 0 Å². The molecule has 4 heteroatoms. The van der Waals surface area contributed by atoms with Crippen molar-refractivity contribution < 1.29 is 9.47 Å². The number of piperazine rings is 1. The summed E-state index contributed by atoms with van der Waals surface area (Å²) in [4.78, 5) is 2.71. The second-order valence-electron chi connectivity index (χ2n) is 6.36. The lowest BCUT2D eigenvalue weighted by Gasteiger charge is -2.46. The maximum absolute atomic E-state index is 5.58. The number of nitrogens with zero attached hydrogens (tertiary/aromatic N) is 1. The first-order valence-electron chi connectivity index (χ1n) is 8.35. The second-order valence-corrected chi connectivity index (χ2v) is 6.36. The number of ether oxygens (including phenoxy) is 2. The van der Waals surface area contributed by atoms with Gasteiger partial charge in [-0.1, -0.05) is 19.8 Å². The van der Waals surface area contributed by atoms with Gasteiger partial charge in [-0.2, -0.15) is 0 Å². The summed E-state index contributed by atoms with van der Waals surface area (Å²) in [7, 11) is 1.72. The molecular formula is C16H32N2O2. The Hall–Kier alpha value is -0.160. The first kappa shape index (κ1) is 16.2. The van der Waals surface area contributed by atoms with E-state index in [9.17, 15) is 0 Å². The summed E-state index contributed by atoms with van der Waals surface area (Å²) >= 11 is 0. The van der Waals surface area contributed by atoms with Crippen LogP contribution in [-0.2, 0) is 9.47 Å². The fourth-order valence-electron chi connectivity index (χ4n) is 3.70. The van der Waals surface area contributed by atoms with Crippen molar-refractivity contribution in [3.8, 4) is 0 Å². The van der Waals surface area contributed by atoms with Crippen molar-refractivity contribution in [1.82, 2.24) is 10.2 Å². The normalized spacial score (nSPS) is 26.4. The largest absolute Gasteiger partial charge is 0.382 e. The lowest BCUT2D eigenvalue weighted by Crippen LogP contribution is -2.63. The highest BCUT2D eigenvalue weighted by Crippen LogP contribution is 2.33. The highest BCUT2D eigenvalue weighted by Gasteiger charge is 2.40. The summed E-state index contributed by atoms with van der Waals surface area (Å²) in [6.45, 7) is 8.17. The molecule has 20 heavy (non-hydrogen) atoms. The smallest absolute Gasteiger partial charge is 0.0700 e. The van der Waals surface area contributed by atoms with Gasteiger partial charge in [0.05, 0.1) is 13.2 Å².